The van der Waals surface area contributed by atoms with Gasteiger partial charge >= 0.3 is 5.97 Å². The standard InChI is InChI=1S/C11H16NO2P/c1-12(15)10(11(13)14-2)8-9-6-4-3-5-7-9/h3-7,10H,8,15H2,1-2H3/t10-/m0/s1. The fraction of sp³-hybridized carbons (Fsp3) is 0.364. The van der Waals surface area contributed by atoms with Crippen LogP contribution in [0.3, 0.4) is 0 Å². The molecule has 0 saturated heterocycles. The number of carbonyl (C=O) groups excluding carboxylic acids is 1. The fourth-order valence-corrected chi connectivity index (χ4v) is 1.59. The van der Waals surface area contributed by atoms with Crippen LogP contribution in [0.4, 0.5) is 0 Å². The van der Waals surface area contributed by atoms with E-state index in [2.05, 4.69) is 9.39 Å². The molecule has 0 saturated carbocycles. The highest BCUT2D eigenvalue weighted by atomic mass is 31.0. The Morgan fingerprint density at radius 3 is 2.53 bits per heavy atom. The van der Waals surface area contributed by atoms with Crippen molar-refractivity contribution in [1.29, 1.82) is 0 Å². The van der Waals surface area contributed by atoms with Gasteiger partial charge in [-0.05, 0) is 19.0 Å². The van der Waals surface area contributed by atoms with E-state index < -0.39 is 0 Å². The maximum absolute atomic E-state index is 11.5. The molecule has 0 fully saturated rings. The lowest BCUT2D eigenvalue weighted by molar-refractivity contribution is -0.144. The van der Waals surface area contributed by atoms with Crippen LogP contribution in [0.2, 0.25) is 0 Å². The van der Waals surface area contributed by atoms with Gasteiger partial charge in [-0.1, -0.05) is 39.7 Å². The van der Waals surface area contributed by atoms with E-state index >= 15 is 0 Å². The molecule has 0 bridgehead atoms. The predicted molar refractivity (Wildman–Crippen MR) is 63.4 cm³/mol. The Labute approximate surface area is 92.7 Å². The molecule has 0 radical (unpaired) electrons. The molecule has 82 valence electrons. The highest BCUT2D eigenvalue weighted by molar-refractivity contribution is 7.13. The minimum absolute atomic E-state index is 0.212. The summed E-state index contributed by atoms with van der Waals surface area (Å²) in [7, 11) is 5.75. The average molecular weight is 225 g/mol. The van der Waals surface area contributed by atoms with Crippen LogP contribution < -0.4 is 0 Å². The van der Waals surface area contributed by atoms with Crippen LogP contribution in [0.25, 0.3) is 0 Å². The molecular weight excluding hydrogens is 209 g/mol. The van der Waals surface area contributed by atoms with Crippen LogP contribution >= 0.6 is 9.39 Å². The zero-order chi connectivity index (χ0) is 11.3. The maximum Gasteiger partial charge on any atom is 0.323 e. The van der Waals surface area contributed by atoms with Gasteiger partial charge in [-0.15, -0.1) is 0 Å². The molecule has 1 aromatic carbocycles. The van der Waals surface area contributed by atoms with Crippen LogP contribution in [0.15, 0.2) is 30.3 Å². The first-order valence-electron chi connectivity index (χ1n) is 4.74. The molecule has 2 atom stereocenters. The number of esters is 1. The molecule has 1 aromatic rings. The molecule has 0 spiro atoms. The van der Waals surface area contributed by atoms with Crippen molar-refractivity contribution in [2.45, 2.75) is 12.5 Å². The number of nitrogens with zero attached hydrogens (tertiary/aromatic N) is 1. The summed E-state index contributed by atoms with van der Waals surface area (Å²) in [5.41, 5.74) is 1.13. The summed E-state index contributed by atoms with van der Waals surface area (Å²) in [4.78, 5) is 11.5. The first kappa shape index (κ1) is 12.2. The van der Waals surface area contributed by atoms with Crippen LogP contribution in [0.1, 0.15) is 5.56 Å². The normalized spacial score (nSPS) is 12.5. The lowest BCUT2D eigenvalue weighted by Gasteiger charge is -2.21. The molecule has 1 unspecified atom stereocenters. The lowest BCUT2D eigenvalue weighted by atomic mass is 10.1. The summed E-state index contributed by atoms with van der Waals surface area (Å²) in [6.07, 6.45) is 0.660. The van der Waals surface area contributed by atoms with E-state index in [1.54, 1.807) is 4.67 Å². The maximum atomic E-state index is 11.5. The predicted octanol–water partition coefficient (Wildman–Crippen LogP) is 1.49. The van der Waals surface area contributed by atoms with Crippen molar-refractivity contribution in [3.8, 4) is 0 Å². The Balaban J connectivity index is 2.72. The van der Waals surface area contributed by atoms with Gasteiger partial charge in [0.1, 0.15) is 6.04 Å². The number of likely N-dealkylation sites (N-methyl/N-ethyl adjacent to an activating group) is 1. The van der Waals surface area contributed by atoms with Gasteiger partial charge in [-0.3, -0.25) is 9.46 Å². The number of rotatable bonds is 4. The first-order valence-corrected chi connectivity index (χ1v) is 5.26. The third-order valence-corrected chi connectivity index (χ3v) is 2.60. The second kappa shape index (κ2) is 5.84. The molecule has 15 heavy (non-hydrogen) atoms. The van der Waals surface area contributed by atoms with Crippen molar-refractivity contribution in [3.63, 3.8) is 0 Å². The molecule has 4 heteroatoms. The highest BCUT2D eigenvalue weighted by Gasteiger charge is 2.21. The van der Waals surface area contributed by atoms with Crippen molar-refractivity contribution < 1.29 is 9.53 Å². The summed E-state index contributed by atoms with van der Waals surface area (Å²) in [5, 5.41) is 0. The smallest absolute Gasteiger partial charge is 0.323 e. The van der Waals surface area contributed by atoms with Crippen molar-refractivity contribution in [1.82, 2.24) is 4.67 Å². The van der Waals surface area contributed by atoms with Gasteiger partial charge in [0.15, 0.2) is 0 Å². The number of benzene rings is 1. The summed E-state index contributed by atoms with van der Waals surface area (Å²) in [6, 6.07) is 9.65. The van der Waals surface area contributed by atoms with E-state index in [0.717, 1.165) is 5.56 Å². The summed E-state index contributed by atoms with van der Waals surface area (Å²) >= 11 is 0. The largest absolute Gasteiger partial charge is 0.468 e. The second-order valence-electron chi connectivity index (χ2n) is 3.39. The topological polar surface area (TPSA) is 29.5 Å². The summed E-state index contributed by atoms with van der Waals surface area (Å²) in [5.74, 6) is -0.212. The molecule has 0 aliphatic heterocycles. The molecule has 0 amide bonds. The molecule has 3 nitrogen and oxygen atoms in total. The Bertz CT molecular complexity index is 314. The summed E-state index contributed by atoms with van der Waals surface area (Å²) in [6.45, 7) is 0. The molecule has 0 aliphatic carbocycles. The van der Waals surface area contributed by atoms with Gasteiger partial charge in [-0.25, -0.2) is 0 Å². The van der Waals surface area contributed by atoms with Gasteiger partial charge in [0.25, 0.3) is 0 Å². The van der Waals surface area contributed by atoms with Crippen molar-refractivity contribution >= 4 is 15.4 Å². The van der Waals surface area contributed by atoms with Crippen LogP contribution in [0.5, 0.6) is 0 Å². The van der Waals surface area contributed by atoms with Crippen LogP contribution in [-0.4, -0.2) is 30.8 Å². The van der Waals surface area contributed by atoms with Crippen molar-refractivity contribution in [2.24, 2.45) is 0 Å². The van der Waals surface area contributed by atoms with E-state index in [4.69, 9.17) is 4.74 Å². The SMILES string of the molecule is COC(=O)[C@H](Cc1ccccc1)N(C)P. The van der Waals surface area contributed by atoms with E-state index in [1.807, 2.05) is 37.4 Å². The van der Waals surface area contributed by atoms with Crippen molar-refractivity contribution in [3.05, 3.63) is 35.9 Å². The minimum Gasteiger partial charge on any atom is -0.468 e. The number of methoxy groups -OCH3 is 1. The van der Waals surface area contributed by atoms with E-state index in [0.29, 0.717) is 6.42 Å². The third-order valence-electron chi connectivity index (χ3n) is 2.24. The highest BCUT2D eigenvalue weighted by Crippen LogP contribution is 2.12. The molecular formula is C11H16NO2P. The molecule has 0 aliphatic rings. The second-order valence-corrected chi connectivity index (χ2v) is 4.21. The van der Waals surface area contributed by atoms with Gasteiger partial charge in [0, 0.05) is 0 Å². The lowest BCUT2D eigenvalue weighted by Crippen LogP contribution is -2.35. The van der Waals surface area contributed by atoms with Gasteiger partial charge < -0.3 is 4.74 Å². The van der Waals surface area contributed by atoms with E-state index in [-0.39, 0.29) is 12.0 Å². The first-order chi connectivity index (χ1) is 7.15. The quantitative estimate of drug-likeness (QED) is 0.574. The number of hydrogen-bond donors (Lipinski definition) is 0. The molecule has 0 N–H and O–H groups in total. The Hall–Kier alpha value is -0.920. The minimum atomic E-state index is -0.248. The monoisotopic (exact) mass is 225 g/mol. The average Bonchev–Trinajstić information content (AvgIpc) is 2.26. The van der Waals surface area contributed by atoms with Gasteiger partial charge in [0.05, 0.1) is 7.11 Å². The van der Waals surface area contributed by atoms with Crippen molar-refractivity contribution in [2.75, 3.05) is 14.2 Å². The van der Waals surface area contributed by atoms with Crippen LogP contribution in [-0.2, 0) is 16.0 Å². The van der Waals surface area contributed by atoms with E-state index in [1.165, 1.54) is 7.11 Å². The zero-order valence-electron chi connectivity index (χ0n) is 9.01. The van der Waals surface area contributed by atoms with E-state index in [9.17, 15) is 4.79 Å². The fourth-order valence-electron chi connectivity index (χ4n) is 1.37. The summed E-state index contributed by atoms with van der Waals surface area (Å²) < 4.78 is 6.54. The van der Waals surface area contributed by atoms with Gasteiger partial charge in [-0.2, -0.15) is 0 Å². The number of carbonyl (C=O) groups is 1. The zero-order valence-corrected chi connectivity index (χ0v) is 10.2. The molecule has 1 rings (SSSR count). The Kier molecular flexibility index (Phi) is 4.73. The molecule has 0 aromatic heterocycles. The number of hydrogen-bond acceptors (Lipinski definition) is 3. The number of ether oxygens (including phenoxy) is 1. The van der Waals surface area contributed by atoms with Crippen LogP contribution in [0, 0.1) is 0 Å². The van der Waals surface area contributed by atoms with Gasteiger partial charge in [0.2, 0.25) is 0 Å². The Morgan fingerprint density at radius 2 is 2.07 bits per heavy atom. The Morgan fingerprint density at radius 1 is 1.47 bits per heavy atom. The third kappa shape index (κ3) is 3.61. The molecule has 0 heterocycles.